The molecule has 25 heavy (non-hydrogen) atoms. The maximum absolute atomic E-state index is 12.6. The van der Waals surface area contributed by atoms with E-state index in [4.69, 9.17) is 4.74 Å². The molecule has 0 radical (unpaired) electrons. The first-order valence-electron chi connectivity index (χ1n) is 8.48. The Balaban J connectivity index is 1.66. The number of hydrogen-bond acceptors (Lipinski definition) is 5. The van der Waals surface area contributed by atoms with Gasteiger partial charge in [0.05, 0.1) is 18.1 Å². The highest BCUT2D eigenvalue weighted by Crippen LogP contribution is 2.48. The number of fused-ring (bicyclic) bond motifs is 2. The van der Waals surface area contributed by atoms with Crippen molar-refractivity contribution in [3.8, 4) is 0 Å². The Kier molecular flexibility index (Phi) is 4.88. The van der Waals surface area contributed by atoms with Crippen LogP contribution < -0.4 is 10.4 Å². The van der Waals surface area contributed by atoms with E-state index in [2.05, 4.69) is 5.32 Å². The third-order valence-corrected chi connectivity index (χ3v) is 4.86. The third kappa shape index (κ3) is 3.43. The molecule has 1 saturated carbocycles. The number of esters is 1. The van der Waals surface area contributed by atoms with Crippen LogP contribution in [0.5, 0.6) is 0 Å². The van der Waals surface area contributed by atoms with Crippen molar-refractivity contribution >= 4 is 23.5 Å². The summed E-state index contributed by atoms with van der Waals surface area (Å²) in [7, 11) is 0. The van der Waals surface area contributed by atoms with Gasteiger partial charge in [0.1, 0.15) is 0 Å². The van der Waals surface area contributed by atoms with Gasteiger partial charge in [-0.15, -0.1) is 0 Å². The van der Waals surface area contributed by atoms with Crippen molar-refractivity contribution in [3.63, 3.8) is 0 Å². The zero-order valence-corrected chi connectivity index (χ0v) is 13.9. The number of carboxylic acids is 1. The zero-order chi connectivity index (χ0) is 18.0. The second kappa shape index (κ2) is 7.09. The molecule has 1 aromatic rings. The van der Waals surface area contributed by atoms with E-state index in [-0.39, 0.29) is 17.7 Å². The molecule has 2 aliphatic carbocycles. The van der Waals surface area contributed by atoms with E-state index in [1.807, 2.05) is 19.1 Å². The SMILES string of the molecule is CCCOC(=O)c1ccc(NC(=O)[C@H]2[C@@H](C(=O)[O-])[C@H]3C=C[C@@H]2C3)cc1. The fraction of sp³-hybridized carbons (Fsp3) is 0.421. The smallest absolute Gasteiger partial charge is 0.338 e. The molecule has 2 aliphatic rings. The molecule has 0 aromatic heterocycles. The average Bonchev–Trinajstić information content (AvgIpc) is 3.21. The molecule has 0 spiro atoms. The largest absolute Gasteiger partial charge is 0.550 e. The summed E-state index contributed by atoms with van der Waals surface area (Å²) in [6, 6.07) is 6.37. The number of amides is 1. The molecule has 1 fully saturated rings. The Labute approximate surface area is 145 Å². The van der Waals surface area contributed by atoms with Crippen molar-refractivity contribution in [1.82, 2.24) is 0 Å². The number of rotatable bonds is 6. The van der Waals surface area contributed by atoms with E-state index in [0.717, 1.165) is 6.42 Å². The first-order chi connectivity index (χ1) is 12.0. The lowest BCUT2D eigenvalue weighted by molar-refractivity contribution is -0.313. The summed E-state index contributed by atoms with van der Waals surface area (Å²) in [5.74, 6) is -3.49. The van der Waals surface area contributed by atoms with Gasteiger partial charge >= 0.3 is 5.97 Å². The molecule has 1 amide bonds. The Morgan fingerprint density at radius 3 is 2.36 bits per heavy atom. The molecule has 1 N–H and O–H groups in total. The van der Waals surface area contributed by atoms with E-state index in [1.165, 1.54) is 0 Å². The third-order valence-electron chi connectivity index (χ3n) is 4.86. The van der Waals surface area contributed by atoms with Crippen molar-refractivity contribution in [1.29, 1.82) is 0 Å². The van der Waals surface area contributed by atoms with E-state index in [0.29, 0.717) is 24.3 Å². The van der Waals surface area contributed by atoms with Crippen LogP contribution in [0.2, 0.25) is 0 Å². The lowest BCUT2D eigenvalue weighted by Gasteiger charge is -2.27. The summed E-state index contributed by atoms with van der Waals surface area (Å²) in [5, 5.41) is 14.1. The van der Waals surface area contributed by atoms with Crippen LogP contribution in [-0.4, -0.2) is 24.5 Å². The van der Waals surface area contributed by atoms with Crippen molar-refractivity contribution in [3.05, 3.63) is 42.0 Å². The minimum absolute atomic E-state index is 0.0591. The van der Waals surface area contributed by atoms with Crippen molar-refractivity contribution < 1.29 is 24.2 Å². The number of carboxylic acid groups (broad SMARTS) is 1. The maximum Gasteiger partial charge on any atom is 0.338 e. The van der Waals surface area contributed by atoms with E-state index >= 15 is 0 Å². The number of benzene rings is 1. The lowest BCUT2D eigenvalue weighted by atomic mass is 9.82. The zero-order valence-electron chi connectivity index (χ0n) is 13.9. The van der Waals surface area contributed by atoms with Gasteiger partial charge in [-0.05, 0) is 48.9 Å². The van der Waals surface area contributed by atoms with Gasteiger partial charge in [-0.2, -0.15) is 0 Å². The maximum atomic E-state index is 12.6. The van der Waals surface area contributed by atoms with Gasteiger partial charge in [0.25, 0.3) is 0 Å². The van der Waals surface area contributed by atoms with Crippen LogP contribution in [0.1, 0.15) is 30.1 Å². The Morgan fingerprint density at radius 1 is 1.12 bits per heavy atom. The second-order valence-electron chi connectivity index (χ2n) is 6.52. The van der Waals surface area contributed by atoms with Gasteiger partial charge in [-0.25, -0.2) is 4.79 Å². The Hall–Kier alpha value is -2.63. The number of hydrogen-bond donors (Lipinski definition) is 1. The molecule has 6 nitrogen and oxygen atoms in total. The topological polar surface area (TPSA) is 95.5 Å². The van der Waals surface area contributed by atoms with Gasteiger partial charge < -0.3 is 20.0 Å². The summed E-state index contributed by atoms with van der Waals surface area (Å²) in [4.78, 5) is 35.7. The molecular weight excluding hydrogens is 322 g/mol. The van der Waals surface area contributed by atoms with Crippen LogP contribution in [0.4, 0.5) is 5.69 Å². The number of nitrogens with one attached hydrogen (secondary N) is 1. The van der Waals surface area contributed by atoms with E-state index < -0.39 is 23.8 Å². The standard InChI is InChI=1S/C19H21NO5/c1-2-9-25-19(24)11-5-7-14(8-6-11)20-17(21)15-12-3-4-13(10-12)16(15)18(22)23/h3-8,12-13,15-16H,2,9-10H2,1H3,(H,20,21)(H,22,23)/p-1/t12-,13+,15-,16+/m1/s1. The predicted molar refractivity (Wildman–Crippen MR) is 88.4 cm³/mol. The molecule has 4 atom stereocenters. The molecule has 6 heteroatoms. The number of aliphatic carboxylic acids is 1. The first kappa shape index (κ1) is 17.2. The lowest BCUT2D eigenvalue weighted by Crippen LogP contribution is -2.42. The van der Waals surface area contributed by atoms with E-state index in [9.17, 15) is 19.5 Å². The summed E-state index contributed by atoms with van der Waals surface area (Å²) < 4.78 is 5.05. The number of carbonyl (C=O) groups excluding carboxylic acids is 3. The summed E-state index contributed by atoms with van der Waals surface area (Å²) >= 11 is 0. The van der Waals surface area contributed by atoms with Gasteiger partial charge in [0.2, 0.25) is 5.91 Å². The molecule has 132 valence electrons. The van der Waals surface area contributed by atoms with E-state index in [1.54, 1.807) is 24.3 Å². The van der Waals surface area contributed by atoms with Gasteiger partial charge in [0.15, 0.2) is 0 Å². The predicted octanol–water partition coefficient (Wildman–Crippen LogP) is 1.38. The molecule has 3 rings (SSSR count). The van der Waals surface area contributed by atoms with Crippen LogP contribution in [0.3, 0.4) is 0 Å². The average molecular weight is 342 g/mol. The van der Waals surface area contributed by atoms with Crippen molar-refractivity contribution in [2.75, 3.05) is 11.9 Å². The number of anilines is 1. The normalized spacial score (nSPS) is 26.4. The van der Waals surface area contributed by atoms with Crippen LogP contribution >= 0.6 is 0 Å². The highest BCUT2D eigenvalue weighted by molar-refractivity contribution is 5.97. The highest BCUT2D eigenvalue weighted by atomic mass is 16.5. The van der Waals surface area contributed by atoms with Crippen LogP contribution in [0.25, 0.3) is 0 Å². The molecule has 0 heterocycles. The quantitative estimate of drug-likeness (QED) is 0.622. The second-order valence-corrected chi connectivity index (χ2v) is 6.52. The molecule has 0 saturated heterocycles. The minimum atomic E-state index is -1.17. The summed E-state index contributed by atoms with van der Waals surface area (Å²) in [5.41, 5.74) is 0.919. The minimum Gasteiger partial charge on any atom is -0.550 e. The van der Waals surface area contributed by atoms with Crippen LogP contribution in [-0.2, 0) is 14.3 Å². The molecule has 0 aliphatic heterocycles. The van der Waals surface area contributed by atoms with Crippen molar-refractivity contribution in [2.45, 2.75) is 19.8 Å². The molecule has 1 aromatic carbocycles. The highest BCUT2D eigenvalue weighted by Gasteiger charge is 2.48. The van der Waals surface area contributed by atoms with Crippen molar-refractivity contribution in [2.24, 2.45) is 23.7 Å². The number of allylic oxidation sites excluding steroid dienone is 2. The number of carbonyl (C=O) groups is 3. The van der Waals surface area contributed by atoms with Gasteiger partial charge in [-0.3, -0.25) is 4.79 Å². The first-order valence-corrected chi connectivity index (χ1v) is 8.48. The fourth-order valence-electron chi connectivity index (χ4n) is 3.69. The van der Waals surface area contributed by atoms with Gasteiger partial charge in [0, 0.05) is 17.6 Å². The Morgan fingerprint density at radius 2 is 1.76 bits per heavy atom. The Bertz CT molecular complexity index is 709. The van der Waals surface area contributed by atoms with Crippen LogP contribution in [0.15, 0.2) is 36.4 Å². The molecule has 0 unspecified atom stereocenters. The van der Waals surface area contributed by atoms with Crippen LogP contribution in [0, 0.1) is 23.7 Å². The molecular formula is C19H20NO5-. The fourth-order valence-corrected chi connectivity index (χ4v) is 3.69. The summed E-state index contributed by atoms with van der Waals surface area (Å²) in [6.07, 6.45) is 5.21. The van der Waals surface area contributed by atoms with Gasteiger partial charge in [-0.1, -0.05) is 19.1 Å². The molecule has 2 bridgehead atoms. The number of ether oxygens (including phenoxy) is 1. The monoisotopic (exact) mass is 342 g/mol. The summed E-state index contributed by atoms with van der Waals surface area (Å²) in [6.45, 7) is 2.27.